The van der Waals surface area contributed by atoms with Crippen molar-refractivity contribution in [1.29, 1.82) is 0 Å². The Morgan fingerprint density at radius 2 is 2.00 bits per heavy atom. The van der Waals surface area contributed by atoms with Gasteiger partial charge in [0, 0.05) is 36.3 Å². The minimum atomic E-state index is -0.668. The van der Waals surface area contributed by atoms with Gasteiger partial charge in [-0.1, -0.05) is 30.2 Å². The third-order valence-corrected chi connectivity index (χ3v) is 7.69. The predicted molar refractivity (Wildman–Crippen MR) is 132 cm³/mol. The van der Waals surface area contributed by atoms with Crippen LogP contribution < -0.4 is 11.1 Å². The van der Waals surface area contributed by atoms with E-state index in [2.05, 4.69) is 5.32 Å². The van der Waals surface area contributed by atoms with E-state index >= 15 is 0 Å². The standard InChI is InChI=1S/C26H26ClFN4O4/c27-20-6-2-3-14(23(20)28)10-30-26(36)24-17-5-1-4-15(17)11-32(24)22(34)13-31-12-19(25(29)35)18-8-7-16(33)9-21(18)31/h2-3,6-9,12,15,17,24,33H,1,4-5,10-11,13H2,(H2,29,35)(H,30,36)/t15-,17-,24-/m0/s1. The summed E-state index contributed by atoms with van der Waals surface area (Å²) in [5.74, 6) is -1.58. The molecule has 8 nitrogen and oxygen atoms in total. The van der Waals surface area contributed by atoms with Gasteiger partial charge >= 0.3 is 0 Å². The first-order chi connectivity index (χ1) is 17.2. The van der Waals surface area contributed by atoms with Crippen LogP contribution in [-0.2, 0) is 22.7 Å². The molecule has 2 aromatic carbocycles. The molecule has 3 amide bonds. The summed E-state index contributed by atoms with van der Waals surface area (Å²) in [4.78, 5) is 40.3. The van der Waals surface area contributed by atoms with Gasteiger partial charge in [0.05, 0.1) is 16.1 Å². The number of nitrogens with one attached hydrogen (secondary N) is 1. The Morgan fingerprint density at radius 3 is 2.78 bits per heavy atom. The number of benzene rings is 2. The van der Waals surface area contributed by atoms with Crippen molar-refractivity contribution in [3.8, 4) is 5.75 Å². The first-order valence-corrected chi connectivity index (χ1v) is 12.2. The molecule has 2 fully saturated rings. The Hall–Kier alpha value is -3.59. The molecule has 36 heavy (non-hydrogen) atoms. The fourth-order valence-corrected chi connectivity index (χ4v) is 5.91. The SMILES string of the molecule is NC(=O)c1cn(CC(=O)N2C[C@@H]3CCC[C@@H]3[C@H]2C(=O)NCc2cccc(Cl)c2F)c2cc(O)ccc12. The summed E-state index contributed by atoms with van der Waals surface area (Å²) in [6, 6.07) is 8.45. The molecule has 1 saturated heterocycles. The highest BCUT2D eigenvalue weighted by atomic mass is 35.5. The molecule has 1 saturated carbocycles. The maximum atomic E-state index is 14.3. The number of amides is 3. The molecule has 2 heterocycles. The molecule has 0 radical (unpaired) electrons. The molecular formula is C26H26ClFN4O4. The van der Waals surface area contributed by atoms with Crippen LogP contribution >= 0.6 is 11.6 Å². The van der Waals surface area contributed by atoms with E-state index in [1.807, 2.05) is 0 Å². The van der Waals surface area contributed by atoms with Crippen molar-refractivity contribution in [2.75, 3.05) is 6.54 Å². The second-order valence-electron chi connectivity index (χ2n) is 9.51. The smallest absolute Gasteiger partial charge is 0.250 e. The van der Waals surface area contributed by atoms with Crippen LogP contribution in [0.3, 0.4) is 0 Å². The highest BCUT2D eigenvalue weighted by molar-refractivity contribution is 6.30. The summed E-state index contributed by atoms with van der Waals surface area (Å²) in [7, 11) is 0. The minimum Gasteiger partial charge on any atom is -0.508 e. The van der Waals surface area contributed by atoms with E-state index in [-0.39, 0.29) is 58.6 Å². The Balaban J connectivity index is 1.38. The lowest BCUT2D eigenvalue weighted by Crippen LogP contribution is -2.49. The first-order valence-electron chi connectivity index (χ1n) is 11.9. The van der Waals surface area contributed by atoms with Gasteiger partial charge in [-0.05, 0) is 42.9 Å². The average Bonchev–Trinajstić information content (AvgIpc) is 3.53. The normalized spacial score (nSPS) is 21.1. The van der Waals surface area contributed by atoms with Crippen LogP contribution in [-0.4, -0.2) is 44.9 Å². The van der Waals surface area contributed by atoms with Crippen LogP contribution in [0.2, 0.25) is 5.02 Å². The molecule has 1 aromatic heterocycles. The molecule has 10 heteroatoms. The van der Waals surface area contributed by atoms with E-state index in [0.29, 0.717) is 17.4 Å². The van der Waals surface area contributed by atoms with Gasteiger partial charge in [0.1, 0.15) is 24.2 Å². The number of phenols is 1. The average molecular weight is 513 g/mol. The lowest BCUT2D eigenvalue weighted by atomic mass is 9.93. The molecule has 1 aliphatic heterocycles. The van der Waals surface area contributed by atoms with Gasteiger partial charge in [0.25, 0.3) is 5.91 Å². The van der Waals surface area contributed by atoms with Crippen LogP contribution in [0.25, 0.3) is 10.9 Å². The summed E-state index contributed by atoms with van der Waals surface area (Å²) in [5.41, 5.74) is 6.52. The van der Waals surface area contributed by atoms with Crippen LogP contribution in [0.4, 0.5) is 4.39 Å². The van der Waals surface area contributed by atoms with E-state index in [9.17, 15) is 23.9 Å². The maximum absolute atomic E-state index is 14.3. The van der Waals surface area contributed by atoms with Gasteiger partial charge in [-0.25, -0.2) is 4.39 Å². The van der Waals surface area contributed by atoms with Crippen LogP contribution in [0.15, 0.2) is 42.6 Å². The van der Waals surface area contributed by atoms with Crippen molar-refractivity contribution in [3.05, 3.63) is 64.6 Å². The highest BCUT2D eigenvalue weighted by Crippen LogP contribution is 2.42. The van der Waals surface area contributed by atoms with Crippen LogP contribution in [0.1, 0.15) is 35.2 Å². The molecule has 1 aliphatic carbocycles. The zero-order valence-electron chi connectivity index (χ0n) is 19.4. The summed E-state index contributed by atoms with van der Waals surface area (Å²) in [6.45, 7) is 0.296. The number of aromatic nitrogens is 1. The van der Waals surface area contributed by atoms with Crippen molar-refractivity contribution in [1.82, 2.24) is 14.8 Å². The third-order valence-electron chi connectivity index (χ3n) is 7.40. The zero-order valence-corrected chi connectivity index (χ0v) is 20.2. The molecule has 188 valence electrons. The van der Waals surface area contributed by atoms with E-state index in [4.69, 9.17) is 17.3 Å². The van der Waals surface area contributed by atoms with Crippen molar-refractivity contribution < 1.29 is 23.9 Å². The highest BCUT2D eigenvalue weighted by Gasteiger charge is 2.49. The van der Waals surface area contributed by atoms with E-state index in [0.717, 1.165) is 19.3 Å². The topological polar surface area (TPSA) is 118 Å². The molecule has 3 aromatic rings. The fraction of sp³-hybridized carbons (Fsp3) is 0.346. The molecule has 5 rings (SSSR count). The number of hydrogen-bond acceptors (Lipinski definition) is 4. The molecule has 4 N–H and O–H groups in total. The number of fused-ring (bicyclic) bond motifs is 2. The van der Waals surface area contributed by atoms with Gasteiger partial charge in [0.15, 0.2) is 0 Å². The van der Waals surface area contributed by atoms with Gasteiger partial charge in [-0.2, -0.15) is 0 Å². The van der Waals surface area contributed by atoms with Gasteiger partial charge < -0.3 is 25.6 Å². The van der Waals surface area contributed by atoms with E-state index < -0.39 is 17.8 Å². The number of aromatic hydroxyl groups is 1. The number of carbonyl (C=O) groups is 3. The molecule has 3 atom stereocenters. The lowest BCUT2D eigenvalue weighted by Gasteiger charge is -2.27. The Kier molecular flexibility index (Phi) is 6.34. The van der Waals surface area contributed by atoms with Crippen molar-refractivity contribution in [2.24, 2.45) is 17.6 Å². The van der Waals surface area contributed by atoms with Gasteiger partial charge in [-0.15, -0.1) is 0 Å². The number of likely N-dealkylation sites (tertiary alicyclic amines) is 1. The number of nitrogens with two attached hydrogens (primary N) is 1. The number of halogens is 2. The number of phenolic OH excluding ortho intramolecular Hbond substituents is 1. The van der Waals surface area contributed by atoms with Gasteiger partial charge in [0.2, 0.25) is 11.8 Å². The fourth-order valence-electron chi connectivity index (χ4n) is 5.71. The third kappa shape index (κ3) is 4.28. The first kappa shape index (κ1) is 24.1. The molecular weight excluding hydrogens is 487 g/mol. The minimum absolute atomic E-state index is 0.00785. The van der Waals surface area contributed by atoms with Gasteiger partial charge in [-0.3, -0.25) is 14.4 Å². The summed E-state index contributed by atoms with van der Waals surface area (Å²) < 4.78 is 15.9. The monoisotopic (exact) mass is 512 g/mol. The zero-order chi connectivity index (χ0) is 25.6. The molecule has 0 spiro atoms. The number of carbonyl (C=O) groups excluding carboxylic acids is 3. The summed E-state index contributed by atoms with van der Waals surface area (Å²) in [5, 5.41) is 13.3. The Labute approximate surface area is 211 Å². The van der Waals surface area contributed by atoms with E-state index in [1.165, 1.54) is 24.4 Å². The largest absolute Gasteiger partial charge is 0.508 e. The van der Waals surface area contributed by atoms with Crippen LogP contribution in [0, 0.1) is 17.7 Å². The van der Waals surface area contributed by atoms with Crippen LogP contribution in [0.5, 0.6) is 5.75 Å². The maximum Gasteiger partial charge on any atom is 0.250 e. The number of primary amides is 1. The summed E-state index contributed by atoms with van der Waals surface area (Å²) >= 11 is 5.86. The van der Waals surface area contributed by atoms with Crippen molar-refractivity contribution in [3.63, 3.8) is 0 Å². The second kappa shape index (κ2) is 9.46. The summed E-state index contributed by atoms with van der Waals surface area (Å²) in [6.07, 6.45) is 4.27. The number of rotatable bonds is 6. The Morgan fingerprint density at radius 1 is 1.19 bits per heavy atom. The number of hydrogen-bond donors (Lipinski definition) is 3. The number of nitrogens with zero attached hydrogens (tertiary/aromatic N) is 2. The quantitative estimate of drug-likeness (QED) is 0.470. The lowest BCUT2D eigenvalue weighted by molar-refractivity contribution is -0.140. The second-order valence-corrected chi connectivity index (χ2v) is 9.92. The van der Waals surface area contributed by atoms with E-state index in [1.54, 1.807) is 27.7 Å². The molecule has 0 unspecified atom stereocenters. The van der Waals surface area contributed by atoms with Crippen molar-refractivity contribution in [2.45, 2.75) is 38.4 Å². The predicted octanol–water partition coefficient (Wildman–Crippen LogP) is 3.18. The Bertz CT molecular complexity index is 1370. The molecule has 0 bridgehead atoms. The van der Waals surface area contributed by atoms with Crippen molar-refractivity contribution >= 4 is 40.2 Å². The molecule has 2 aliphatic rings.